The number of nitrogens with one attached hydrogen (secondary N) is 1. The van der Waals surface area contributed by atoms with E-state index in [1.165, 1.54) is 16.0 Å². The molecule has 156 valence electrons. The number of anilines is 2. The second kappa shape index (κ2) is 7.87. The number of fused-ring (bicyclic) bond motifs is 1. The maximum atomic E-state index is 13.0. The van der Waals surface area contributed by atoms with E-state index in [1.807, 2.05) is 7.05 Å². The highest BCUT2D eigenvalue weighted by Crippen LogP contribution is 2.31. The molecule has 0 bridgehead atoms. The number of benzene rings is 1. The highest BCUT2D eigenvalue weighted by molar-refractivity contribution is 6.22. The van der Waals surface area contributed by atoms with Gasteiger partial charge in [-0.05, 0) is 63.3 Å². The molecule has 8 nitrogen and oxygen atoms in total. The summed E-state index contributed by atoms with van der Waals surface area (Å²) in [6, 6.07) is 8.52. The van der Waals surface area contributed by atoms with Crippen molar-refractivity contribution in [3.8, 4) is 0 Å². The second-order valence-electron chi connectivity index (χ2n) is 8.03. The third kappa shape index (κ3) is 3.66. The molecule has 0 saturated carbocycles. The van der Waals surface area contributed by atoms with E-state index in [1.54, 1.807) is 44.4 Å². The number of rotatable bonds is 4. The molecule has 30 heavy (non-hydrogen) atoms. The summed E-state index contributed by atoms with van der Waals surface area (Å²) in [7, 11) is 5.42. The molecule has 0 unspecified atom stereocenters. The van der Waals surface area contributed by atoms with Gasteiger partial charge in [0.1, 0.15) is 5.82 Å². The van der Waals surface area contributed by atoms with Gasteiger partial charge in [0.05, 0.1) is 16.7 Å². The smallest absolute Gasteiger partial charge is 0.261 e. The lowest BCUT2D eigenvalue weighted by atomic mass is 10.0. The summed E-state index contributed by atoms with van der Waals surface area (Å²) >= 11 is 0. The zero-order chi connectivity index (χ0) is 21.4. The molecule has 2 aliphatic rings. The lowest BCUT2D eigenvalue weighted by Gasteiger charge is -2.33. The van der Waals surface area contributed by atoms with Crippen LogP contribution in [-0.2, 0) is 0 Å². The fourth-order valence-corrected chi connectivity index (χ4v) is 3.92. The lowest BCUT2D eigenvalue weighted by molar-refractivity contribution is 0.0516. The molecule has 4 rings (SSSR count). The number of amides is 3. The molecule has 3 heterocycles. The van der Waals surface area contributed by atoms with Gasteiger partial charge in [0.15, 0.2) is 0 Å². The van der Waals surface area contributed by atoms with Crippen LogP contribution in [0.4, 0.5) is 11.5 Å². The van der Waals surface area contributed by atoms with Crippen LogP contribution in [0.1, 0.15) is 43.9 Å². The van der Waals surface area contributed by atoms with Crippen LogP contribution in [0.3, 0.4) is 0 Å². The molecule has 8 heteroatoms. The Bertz CT molecular complexity index is 994. The van der Waals surface area contributed by atoms with Crippen LogP contribution >= 0.6 is 0 Å². The molecule has 2 aliphatic heterocycles. The number of hydrogen-bond donors (Lipinski definition) is 1. The first-order chi connectivity index (χ1) is 14.3. The summed E-state index contributed by atoms with van der Waals surface area (Å²) in [5.74, 6) is -0.00670. The summed E-state index contributed by atoms with van der Waals surface area (Å²) in [4.78, 5) is 47.2. The van der Waals surface area contributed by atoms with Gasteiger partial charge in [0.25, 0.3) is 17.7 Å². The average molecular weight is 407 g/mol. The van der Waals surface area contributed by atoms with Gasteiger partial charge in [-0.1, -0.05) is 0 Å². The Morgan fingerprint density at radius 1 is 1.07 bits per heavy atom. The number of carbonyl (C=O) groups excluding carboxylic acids is 3. The van der Waals surface area contributed by atoms with Gasteiger partial charge < -0.3 is 15.1 Å². The highest BCUT2D eigenvalue weighted by Gasteiger charge is 2.40. The van der Waals surface area contributed by atoms with E-state index in [2.05, 4.69) is 15.2 Å². The minimum absolute atomic E-state index is 0.0477. The molecule has 0 aliphatic carbocycles. The van der Waals surface area contributed by atoms with Crippen LogP contribution < -0.4 is 5.32 Å². The van der Waals surface area contributed by atoms with Gasteiger partial charge in [0.2, 0.25) is 0 Å². The number of piperidine rings is 1. The van der Waals surface area contributed by atoms with Crippen molar-refractivity contribution >= 4 is 29.2 Å². The zero-order valence-corrected chi connectivity index (χ0v) is 17.4. The Kier molecular flexibility index (Phi) is 5.26. The number of pyridine rings is 1. The Hall–Kier alpha value is -3.26. The molecule has 1 N–H and O–H groups in total. The van der Waals surface area contributed by atoms with Gasteiger partial charge in [-0.3, -0.25) is 19.3 Å². The minimum Gasteiger partial charge on any atom is -0.345 e. The molecule has 1 aromatic heterocycles. The summed E-state index contributed by atoms with van der Waals surface area (Å²) in [6.07, 6.45) is 3.11. The van der Waals surface area contributed by atoms with Crippen LogP contribution in [0.15, 0.2) is 36.5 Å². The molecular weight excluding hydrogens is 382 g/mol. The Balaban J connectivity index is 1.51. The fourth-order valence-electron chi connectivity index (χ4n) is 3.92. The number of carbonyl (C=O) groups is 3. The molecule has 0 spiro atoms. The lowest BCUT2D eigenvalue weighted by Crippen LogP contribution is -2.46. The first kappa shape index (κ1) is 20.0. The highest BCUT2D eigenvalue weighted by atomic mass is 16.2. The summed E-state index contributed by atoms with van der Waals surface area (Å²) in [5, 5.41) is 3.14. The van der Waals surface area contributed by atoms with Gasteiger partial charge in [-0.25, -0.2) is 4.98 Å². The summed E-state index contributed by atoms with van der Waals surface area (Å²) in [5.41, 5.74) is 2.03. The Labute approximate surface area is 175 Å². The van der Waals surface area contributed by atoms with Crippen LogP contribution in [0.25, 0.3) is 0 Å². The predicted molar refractivity (Wildman–Crippen MR) is 113 cm³/mol. The topological polar surface area (TPSA) is 85.8 Å². The van der Waals surface area contributed by atoms with E-state index in [9.17, 15) is 14.4 Å². The van der Waals surface area contributed by atoms with Crippen molar-refractivity contribution < 1.29 is 14.4 Å². The van der Waals surface area contributed by atoms with Crippen LogP contribution in [0, 0.1) is 0 Å². The molecule has 1 aromatic carbocycles. The van der Waals surface area contributed by atoms with E-state index in [0.717, 1.165) is 25.9 Å². The van der Waals surface area contributed by atoms with Crippen molar-refractivity contribution in [2.75, 3.05) is 39.5 Å². The van der Waals surface area contributed by atoms with Crippen molar-refractivity contribution in [2.24, 2.45) is 0 Å². The molecule has 1 fully saturated rings. The summed E-state index contributed by atoms with van der Waals surface area (Å²) in [6.45, 7) is 1.76. The fraction of sp³-hybridized carbons (Fsp3) is 0.364. The van der Waals surface area contributed by atoms with Crippen molar-refractivity contribution in [2.45, 2.75) is 18.9 Å². The van der Waals surface area contributed by atoms with Crippen molar-refractivity contribution in [3.05, 3.63) is 53.2 Å². The minimum atomic E-state index is -0.229. The van der Waals surface area contributed by atoms with Crippen LogP contribution in [-0.4, -0.2) is 77.7 Å². The van der Waals surface area contributed by atoms with E-state index < -0.39 is 0 Å². The standard InChI is InChI=1S/C22H25N5O3/c1-25(2)20(28)14-4-7-19(23-13-14)24-15-5-6-17-18(12-15)22(30)27(21(17)29)16-8-10-26(3)11-9-16/h4-7,12-13,16H,8-11H2,1-3H3,(H,23,24). The van der Waals surface area contributed by atoms with E-state index in [4.69, 9.17) is 0 Å². The number of imide groups is 1. The SMILES string of the molecule is CN1CCC(N2C(=O)c3ccc(Nc4ccc(C(=O)N(C)C)cn4)cc3C2=O)CC1. The maximum absolute atomic E-state index is 13.0. The number of hydrogen-bond acceptors (Lipinski definition) is 6. The van der Waals surface area contributed by atoms with Gasteiger partial charge >= 0.3 is 0 Å². The normalized spacial score (nSPS) is 17.2. The van der Waals surface area contributed by atoms with Crippen molar-refractivity contribution in [3.63, 3.8) is 0 Å². The van der Waals surface area contributed by atoms with E-state index in [0.29, 0.717) is 28.2 Å². The van der Waals surface area contributed by atoms with Crippen LogP contribution in [0.5, 0.6) is 0 Å². The van der Waals surface area contributed by atoms with E-state index >= 15 is 0 Å². The molecule has 0 atom stereocenters. The molecular formula is C22H25N5O3. The first-order valence-electron chi connectivity index (χ1n) is 10.0. The number of aromatic nitrogens is 1. The molecule has 1 saturated heterocycles. The number of nitrogens with zero attached hydrogens (tertiary/aromatic N) is 4. The maximum Gasteiger partial charge on any atom is 0.261 e. The van der Waals surface area contributed by atoms with Gasteiger partial charge in [0, 0.05) is 32.0 Å². The molecule has 2 aromatic rings. The van der Waals surface area contributed by atoms with Crippen LogP contribution in [0.2, 0.25) is 0 Å². The monoisotopic (exact) mass is 407 g/mol. The molecule has 0 radical (unpaired) electrons. The third-order valence-electron chi connectivity index (χ3n) is 5.66. The summed E-state index contributed by atoms with van der Waals surface area (Å²) < 4.78 is 0. The molecule has 3 amide bonds. The first-order valence-corrected chi connectivity index (χ1v) is 10.0. The van der Waals surface area contributed by atoms with Crippen molar-refractivity contribution in [1.82, 2.24) is 19.7 Å². The quantitative estimate of drug-likeness (QED) is 0.783. The largest absolute Gasteiger partial charge is 0.345 e. The van der Waals surface area contributed by atoms with E-state index in [-0.39, 0.29) is 23.8 Å². The third-order valence-corrected chi connectivity index (χ3v) is 5.66. The Morgan fingerprint density at radius 2 is 1.77 bits per heavy atom. The van der Waals surface area contributed by atoms with Crippen molar-refractivity contribution in [1.29, 1.82) is 0 Å². The number of likely N-dealkylation sites (tertiary alicyclic amines) is 1. The Morgan fingerprint density at radius 3 is 2.40 bits per heavy atom. The second-order valence-corrected chi connectivity index (χ2v) is 8.03. The average Bonchev–Trinajstić information content (AvgIpc) is 2.98. The zero-order valence-electron chi connectivity index (χ0n) is 17.4. The van der Waals surface area contributed by atoms with Gasteiger partial charge in [-0.15, -0.1) is 0 Å². The predicted octanol–water partition coefficient (Wildman–Crippen LogP) is 2.22. The van der Waals surface area contributed by atoms with Gasteiger partial charge in [-0.2, -0.15) is 0 Å².